The lowest BCUT2D eigenvalue weighted by Gasteiger charge is -2.08. The monoisotopic (exact) mass is 300 g/mol. The average molecular weight is 300 g/mol. The summed E-state index contributed by atoms with van der Waals surface area (Å²) in [6.07, 6.45) is 0. The van der Waals surface area contributed by atoms with E-state index in [1.54, 1.807) is 60.9 Å². The Morgan fingerprint density at radius 1 is 1.09 bits per heavy atom. The molecule has 2 rings (SSSR count). The third-order valence-corrected chi connectivity index (χ3v) is 3.15. The van der Waals surface area contributed by atoms with Crippen molar-refractivity contribution in [2.75, 3.05) is 0 Å². The molecule has 0 fully saturated rings. The Morgan fingerprint density at radius 3 is 2.23 bits per heavy atom. The second-order valence-electron chi connectivity index (χ2n) is 4.64. The Kier molecular flexibility index (Phi) is 5.11. The highest BCUT2D eigenvalue weighted by Gasteiger charge is 2.04. The molecule has 3 N–H and O–H groups in total. The molecule has 0 aliphatic heterocycles. The van der Waals surface area contributed by atoms with Crippen molar-refractivity contribution < 1.29 is 19.9 Å². The summed E-state index contributed by atoms with van der Waals surface area (Å²) in [6, 6.07) is 13.9. The standard InChI is InChI=1S/C16H16N2O4/c1-11(17-20)13-6-8-15(9-7-13)22-10-12-2-4-14(5-3-12)16(19)18-21/h2-9,20-21H,10H2,1H3,(H,18,19)/b17-11+. The molecule has 0 unspecified atom stereocenters. The number of hydroxylamine groups is 1. The van der Waals surface area contributed by atoms with Crippen LogP contribution in [0.15, 0.2) is 53.7 Å². The van der Waals surface area contributed by atoms with Crippen LogP contribution in [-0.4, -0.2) is 22.0 Å². The molecule has 0 aliphatic rings. The molecule has 6 heteroatoms. The highest BCUT2D eigenvalue weighted by atomic mass is 16.5. The molecule has 0 aliphatic carbocycles. The van der Waals surface area contributed by atoms with Gasteiger partial charge in [0, 0.05) is 5.56 Å². The van der Waals surface area contributed by atoms with Gasteiger partial charge in [-0.05, 0) is 54.4 Å². The molecule has 6 nitrogen and oxygen atoms in total. The number of benzene rings is 2. The van der Waals surface area contributed by atoms with Crippen LogP contribution in [0.1, 0.15) is 28.4 Å². The smallest absolute Gasteiger partial charge is 0.274 e. The maximum Gasteiger partial charge on any atom is 0.274 e. The summed E-state index contributed by atoms with van der Waals surface area (Å²) in [5, 5.41) is 20.4. The summed E-state index contributed by atoms with van der Waals surface area (Å²) in [4.78, 5) is 11.2. The number of rotatable bonds is 5. The summed E-state index contributed by atoms with van der Waals surface area (Å²) in [5.74, 6) is 0.135. The Hall–Kier alpha value is -2.86. The van der Waals surface area contributed by atoms with E-state index in [4.69, 9.17) is 15.2 Å². The zero-order valence-electron chi connectivity index (χ0n) is 12.0. The molecule has 114 valence electrons. The van der Waals surface area contributed by atoms with E-state index in [-0.39, 0.29) is 0 Å². The number of ether oxygens (including phenoxy) is 1. The summed E-state index contributed by atoms with van der Waals surface area (Å²) in [5.41, 5.74) is 4.19. The molecule has 22 heavy (non-hydrogen) atoms. The molecule has 0 heterocycles. The van der Waals surface area contributed by atoms with Crippen LogP contribution in [0.25, 0.3) is 0 Å². The highest BCUT2D eigenvalue weighted by molar-refractivity contribution is 5.98. The third kappa shape index (κ3) is 3.83. The molecule has 0 spiro atoms. The fourth-order valence-corrected chi connectivity index (χ4v) is 1.83. The average Bonchev–Trinajstić information content (AvgIpc) is 2.59. The van der Waals surface area contributed by atoms with Crippen molar-refractivity contribution in [1.29, 1.82) is 0 Å². The molecule has 0 radical (unpaired) electrons. The molecule has 0 bridgehead atoms. The maximum absolute atomic E-state index is 11.2. The van der Waals surface area contributed by atoms with E-state index in [0.29, 0.717) is 23.6 Å². The minimum atomic E-state index is -0.552. The van der Waals surface area contributed by atoms with Crippen molar-refractivity contribution in [3.05, 3.63) is 65.2 Å². The molecule has 0 saturated heterocycles. The van der Waals surface area contributed by atoms with E-state index in [2.05, 4.69) is 5.16 Å². The van der Waals surface area contributed by atoms with Crippen molar-refractivity contribution in [3.63, 3.8) is 0 Å². The van der Waals surface area contributed by atoms with Gasteiger partial charge in [-0.1, -0.05) is 17.3 Å². The van der Waals surface area contributed by atoms with E-state index >= 15 is 0 Å². The van der Waals surface area contributed by atoms with Crippen LogP contribution >= 0.6 is 0 Å². The van der Waals surface area contributed by atoms with E-state index in [9.17, 15) is 4.79 Å². The van der Waals surface area contributed by atoms with Gasteiger partial charge in [-0.3, -0.25) is 10.0 Å². The van der Waals surface area contributed by atoms with Gasteiger partial charge >= 0.3 is 0 Å². The van der Waals surface area contributed by atoms with Crippen LogP contribution in [0.3, 0.4) is 0 Å². The first-order valence-corrected chi connectivity index (χ1v) is 6.59. The number of nitrogens with zero attached hydrogens (tertiary/aromatic N) is 1. The largest absolute Gasteiger partial charge is 0.489 e. The molecule has 1 amide bonds. The van der Waals surface area contributed by atoms with Crippen LogP contribution in [0.5, 0.6) is 5.75 Å². The number of carbonyl (C=O) groups excluding carboxylic acids is 1. The Labute approximate surface area is 127 Å². The summed E-state index contributed by atoms with van der Waals surface area (Å²) >= 11 is 0. The number of amides is 1. The van der Waals surface area contributed by atoms with Gasteiger partial charge in [-0.15, -0.1) is 0 Å². The molecule has 2 aromatic carbocycles. The first-order valence-electron chi connectivity index (χ1n) is 6.59. The number of nitrogens with one attached hydrogen (secondary N) is 1. The summed E-state index contributed by atoms with van der Waals surface area (Å²) in [6.45, 7) is 2.06. The van der Waals surface area contributed by atoms with Crippen LogP contribution in [0.2, 0.25) is 0 Å². The Bertz CT molecular complexity index is 664. The normalized spacial score (nSPS) is 11.1. The number of oxime groups is 1. The fraction of sp³-hybridized carbons (Fsp3) is 0.125. The van der Waals surface area contributed by atoms with E-state index in [1.165, 1.54) is 0 Å². The van der Waals surface area contributed by atoms with Gasteiger partial charge in [0.1, 0.15) is 12.4 Å². The lowest BCUT2D eigenvalue weighted by atomic mass is 10.1. The molecular weight excluding hydrogens is 284 g/mol. The predicted molar refractivity (Wildman–Crippen MR) is 80.5 cm³/mol. The van der Waals surface area contributed by atoms with Crippen LogP contribution < -0.4 is 10.2 Å². The fourth-order valence-electron chi connectivity index (χ4n) is 1.83. The summed E-state index contributed by atoms with van der Waals surface area (Å²) in [7, 11) is 0. The number of hydrogen-bond acceptors (Lipinski definition) is 5. The minimum Gasteiger partial charge on any atom is -0.489 e. The Balaban J connectivity index is 1.96. The van der Waals surface area contributed by atoms with Gasteiger partial charge in [-0.25, -0.2) is 5.48 Å². The third-order valence-electron chi connectivity index (χ3n) is 3.15. The minimum absolute atomic E-state index is 0.355. The van der Waals surface area contributed by atoms with Gasteiger partial charge < -0.3 is 9.94 Å². The predicted octanol–water partition coefficient (Wildman–Crippen LogP) is 2.58. The van der Waals surface area contributed by atoms with Crippen LogP contribution in [0.4, 0.5) is 0 Å². The first-order chi connectivity index (χ1) is 10.6. The Morgan fingerprint density at radius 2 is 1.68 bits per heavy atom. The zero-order valence-corrected chi connectivity index (χ0v) is 12.0. The van der Waals surface area contributed by atoms with E-state index < -0.39 is 5.91 Å². The zero-order chi connectivity index (χ0) is 15.9. The van der Waals surface area contributed by atoms with Crippen LogP contribution in [-0.2, 0) is 6.61 Å². The quantitative estimate of drug-likeness (QED) is 0.342. The number of hydrogen-bond donors (Lipinski definition) is 3. The maximum atomic E-state index is 11.2. The first kappa shape index (κ1) is 15.5. The van der Waals surface area contributed by atoms with E-state index in [1.807, 2.05) is 0 Å². The van der Waals surface area contributed by atoms with Crippen molar-refractivity contribution in [1.82, 2.24) is 5.48 Å². The van der Waals surface area contributed by atoms with Gasteiger partial charge in [0.05, 0.1) is 5.71 Å². The second kappa shape index (κ2) is 7.24. The molecular formula is C16H16N2O4. The lowest BCUT2D eigenvalue weighted by molar-refractivity contribution is 0.0706. The molecule has 0 aromatic heterocycles. The SMILES string of the molecule is C/C(=N\O)c1ccc(OCc2ccc(C(=O)NO)cc2)cc1. The van der Waals surface area contributed by atoms with Crippen molar-refractivity contribution in [3.8, 4) is 5.75 Å². The number of carbonyl (C=O) groups is 1. The molecule has 0 saturated carbocycles. The molecule has 0 atom stereocenters. The van der Waals surface area contributed by atoms with Gasteiger partial charge in [0.25, 0.3) is 5.91 Å². The molecule has 2 aromatic rings. The van der Waals surface area contributed by atoms with Crippen molar-refractivity contribution in [2.45, 2.75) is 13.5 Å². The van der Waals surface area contributed by atoms with Gasteiger partial charge in [-0.2, -0.15) is 0 Å². The summed E-state index contributed by atoms with van der Waals surface area (Å²) < 4.78 is 5.63. The van der Waals surface area contributed by atoms with Gasteiger partial charge in [0.2, 0.25) is 0 Å². The van der Waals surface area contributed by atoms with Gasteiger partial charge in [0.15, 0.2) is 0 Å². The van der Waals surface area contributed by atoms with Crippen molar-refractivity contribution in [2.24, 2.45) is 5.16 Å². The van der Waals surface area contributed by atoms with Crippen molar-refractivity contribution >= 4 is 11.6 Å². The topological polar surface area (TPSA) is 91.2 Å². The lowest BCUT2D eigenvalue weighted by Crippen LogP contribution is -2.18. The van der Waals surface area contributed by atoms with Crippen LogP contribution in [0, 0.1) is 0 Å². The van der Waals surface area contributed by atoms with E-state index in [0.717, 1.165) is 11.1 Å². The second-order valence-corrected chi connectivity index (χ2v) is 4.64. The highest BCUT2D eigenvalue weighted by Crippen LogP contribution is 2.15.